The van der Waals surface area contributed by atoms with E-state index in [4.69, 9.17) is 9.47 Å². The number of ether oxygens (including phenoxy) is 2. The Morgan fingerprint density at radius 3 is 2.31 bits per heavy atom. The van der Waals surface area contributed by atoms with Crippen LogP contribution >= 0.6 is 0 Å². The Labute approximate surface area is 170 Å². The number of likely N-dealkylation sites (N-methyl/N-ethyl adjacent to an activating group) is 1. The number of esters is 1. The summed E-state index contributed by atoms with van der Waals surface area (Å²) < 4.78 is 10.7. The number of hydrogen-bond donors (Lipinski definition) is 0. The van der Waals surface area contributed by atoms with Gasteiger partial charge >= 0.3 is 5.97 Å². The molecule has 29 heavy (non-hydrogen) atoms. The van der Waals surface area contributed by atoms with Gasteiger partial charge in [0.05, 0.1) is 18.2 Å². The second-order valence-electron chi connectivity index (χ2n) is 6.75. The van der Waals surface area contributed by atoms with Gasteiger partial charge in [0.15, 0.2) is 0 Å². The van der Waals surface area contributed by atoms with Crippen LogP contribution in [-0.4, -0.2) is 44.6 Å². The molecule has 0 atom stereocenters. The van der Waals surface area contributed by atoms with E-state index in [0.717, 1.165) is 22.1 Å². The third-order valence-electron chi connectivity index (χ3n) is 4.49. The summed E-state index contributed by atoms with van der Waals surface area (Å²) in [6.45, 7) is 0.129. The number of carbonyl (C=O) groups excluding carboxylic acids is 2. The number of nitrogens with zero attached hydrogens (tertiary/aromatic N) is 1. The van der Waals surface area contributed by atoms with E-state index in [2.05, 4.69) is 0 Å². The van der Waals surface area contributed by atoms with Gasteiger partial charge in [-0.25, -0.2) is 4.79 Å². The van der Waals surface area contributed by atoms with E-state index in [0.29, 0.717) is 11.1 Å². The van der Waals surface area contributed by atoms with Crippen LogP contribution in [-0.2, 0) is 9.53 Å². The molecule has 3 aromatic carbocycles. The summed E-state index contributed by atoms with van der Waals surface area (Å²) in [5, 5.41) is 2.07. The third-order valence-corrected chi connectivity index (χ3v) is 4.49. The summed E-state index contributed by atoms with van der Waals surface area (Å²) in [6, 6.07) is 20.7. The minimum Gasteiger partial charge on any atom is -0.488 e. The van der Waals surface area contributed by atoms with Gasteiger partial charge in [0.25, 0.3) is 5.91 Å². The van der Waals surface area contributed by atoms with Crippen LogP contribution in [0.15, 0.2) is 72.3 Å². The standard InChI is InChI=1S/C24H23NO4/c1-25(2)23(26)20(15-17-11-13-19(14-12-17)24(27)28-3)16-29-22-10-6-8-18-7-4-5-9-21(18)22/h4-15H,16H2,1-3H3/b20-15+. The monoisotopic (exact) mass is 389 g/mol. The van der Waals surface area contributed by atoms with Crippen molar-refractivity contribution in [2.45, 2.75) is 0 Å². The molecule has 0 N–H and O–H groups in total. The predicted molar refractivity (Wildman–Crippen MR) is 114 cm³/mol. The number of hydrogen-bond acceptors (Lipinski definition) is 4. The van der Waals surface area contributed by atoms with Crippen molar-refractivity contribution in [1.82, 2.24) is 4.90 Å². The summed E-state index contributed by atoms with van der Waals surface area (Å²) in [5.74, 6) is 0.188. The number of amides is 1. The van der Waals surface area contributed by atoms with Gasteiger partial charge in [-0.05, 0) is 35.2 Å². The largest absolute Gasteiger partial charge is 0.488 e. The van der Waals surface area contributed by atoms with Crippen LogP contribution in [0.4, 0.5) is 0 Å². The van der Waals surface area contributed by atoms with Crippen molar-refractivity contribution in [3.63, 3.8) is 0 Å². The van der Waals surface area contributed by atoms with Crippen LogP contribution in [0.1, 0.15) is 15.9 Å². The Kier molecular flexibility index (Phi) is 6.29. The highest BCUT2D eigenvalue weighted by atomic mass is 16.5. The lowest BCUT2D eigenvalue weighted by Gasteiger charge is -2.15. The quantitative estimate of drug-likeness (QED) is 0.469. The second-order valence-corrected chi connectivity index (χ2v) is 6.75. The van der Waals surface area contributed by atoms with Crippen molar-refractivity contribution in [1.29, 1.82) is 0 Å². The lowest BCUT2D eigenvalue weighted by atomic mass is 10.1. The van der Waals surface area contributed by atoms with E-state index in [9.17, 15) is 9.59 Å². The molecule has 0 bridgehead atoms. The number of benzene rings is 3. The van der Waals surface area contributed by atoms with E-state index >= 15 is 0 Å². The molecule has 5 nitrogen and oxygen atoms in total. The van der Waals surface area contributed by atoms with E-state index in [1.807, 2.05) is 42.5 Å². The van der Waals surface area contributed by atoms with Crippen LogP contribution in [0.2, 0.25) is 0 Å². The number of carbonyl (C=O) groups is 2. The van der Waals surface area contributed by atoms with Crippen LogP contribution in [0, 0.1) is 0 Å². The maximum atomic E-state index is 12.7. The average molecular weight is 389 g/mol. The van der Waals surface area contributed by atoms with E-state index in [1.165, 1.54) is 12.0 Å². The first-order valence-corrected chi connectivity index (χ1v) is 9.21. The molecule has 3 aromatic rings. The molecule has 1 amide bonds. The van der Waals surface area contributed by atoms with Crippen molar-refractivity contribution < 1.29 is 19.1 Å². The Balaban J connectivity index is 1.86. The molecule has 0 aromatic heterocycles. The van der Waals surface area contributed by atoms with E-state index in [-0.39, 0.29) is 12.5 Å². The third kappa shape index (κ3) is 4.82. The Morgan fingerprint density at radius 2 is 1.62 bits per heavy atom. The van der Waals surface area contributed by atoms with Gasteiger partial charge < -0.3 is 14.4 Å². The first kappa shape index (κ1) is 20.1. The first-order chi connectivity index (χ1) is 14.0. The molecule has 0 aliphatic rings. The Bertz CT molecular complexity index is 1050. The van der Waals surface area contributed by atoms with E-state index in [1.54, 1.807) is 44.4 Å². The second kappa shape index (κ2) is 9.06. The van der Waals surface area contributed by atoms with Crippen molar-refractivity contribution in [2.24, 2.45) is 0 Å². The Hall–Kier alpha value is -3.60. The fourth-order valence-electron chi connectivity index (χ4n) is 2.96. The predicted octanol–water partition coefficient (Wildman–Crippen LogP) is 4.18. The molecule has 0 heterocycles. The molecule has 0 fully saturated rings. The number of rotatable bonds is 6. The van der Waals surface area contributed by atoms with Gasteiger partial charge in [-0.15, -0.1) is 0 Å². The average Bonchev–Trinajstić information content (AvgIpc) is 2.75. The molecule has 148 valence electrons. The minimum atomic E-state index is -0.399. The fourth-order valence-corrected chi connectivity index (χ4v) is 2.96. The van der Waals surface area contributed by atoms with Gasteiger partial charge in [0.1, 0.15) is 12.4 Å². The van der Waals surface area contributed by atoms with Gasteiger partial charge in [0, 0.05) is 19.5 Å². The molecular formula is C24H23NO4. The zero-order valence-corrected chi connectivity index (χ0v) is 16.7. The first-order valence-electron chi connectivity index (χ1n) is 9.21. The highest BCUT2D eigenvalue weighted by Gasteiger charge is 2.14. The van der Waals surface area contributed by atoms with Gasteiger partial charge in [-0.2, -0.15) is 0 Å². The zero-order chi connectivity index (χ0) is 20.8. The molecule has 0 saturated carbocycles. The molecular weight excluding hydrogens is 366 g/mol. The van der Waals surface area contributed by atoms with Crippen LogP contribution in [0.5, 0.6) is 5.75 Å². The topological polar surface area (TPSA) is 55.8 Å². The lowest BCUT2D eigenvalue weighted by Crippen LogP contribution is -2.26. The molecule has 0 aliphatic heterocycles. The minimum absolute atomic E-state index is 0.129. The smallest absolute Gasteiger partial charge is 0.337 e. The van der Waals surface area contributed by atoms with Crippen molar-refractivity contribution in [2.75, 3.05) is 27.8 Å². The molecule has 0 spiro atoms. The fraction of sp³-hybridized carbons (Fsp3) is 0.167. The zero-order valence-electron chi connectivity index (χ0n) is 16.7. The summed E-state index contributed by atoms with van der Waals surface area (Å²) in [5.41, 5.74) is 1.76. The van der Waals surface area contributed by atoms with Gasteiger partial charge in [-0.1, -0.05) is 48.5 Å². The van der Waals surface area contributed by atoms with Gasteiger partial charge in [0.2, 0.25) is 0 Å². The summed E-state index contributed by atoms with van der Waals surface area (Å²) in [7, 11) is 4.75. The van der Waals surface area contributed by atoms with Crippen molar-refractivity contribution >= 4 is 28.7 Å². The summed E-state index contributed by atoms with van der Waals surface area (Å²) in [4.78, 5) is 25.8. The molecule has 0 saturated heterocycles. The molecule has 0 radical (unpaired) electrons. The highest BCUT2D eigenvalue weighted by molar-refractivity contribution is 5.98. The highest BCUT2D eigenvalue weighted by Crippen LogP contribution is 2.26. The van der Waals surface area contributed by atoms with Crippen LogP contribution in [0.25, 0.3) is 16.8 Å². The van der Waals surface area contributed by atoms with Crippen LogP contribution in [0.3, 0.4) is 0 Å². The summed E-state index contributed by atoms with van der Waals surface area (Å²) >= 11 is 0. The number of methoxy groups -OCH3 is 1. The van der Waals surface area contributed by atoms with Gasteiger partial charge in [-0.3, -0.25) is 4.79 Å². The van der Waals surface area contributed by atoms with Crippen molar-refractivity contribution in [3.05, 3.63) is 83.4 Å². The maximum absolute atomic E-state index is 12.7. The molecule has 0 aliphatic carbocycles. The molecule has 0 unspecified atom stereocenters. The van der Waals surface area contributed by atoms with Crippen molar-refractivity contribution in [3.8, 4) is 5.75 Å². The SMILES string of the molecule is COC(=O)c1ccc(/C=C(\COc2cccc3ccccc23)C(=O)N(C)C)cc1. The van der Waals surface area contributed by atoms with Crippen LogP contribution < -0.4 is 4.74 Å². The maximum Gasteiger partial charge on any atom is 0.337 e. The lowest BCUT2D eigenvalue weighted by molar-refractivity contribution is -0.125. The normalized spacial score (nSPS) is 11.2. The molecule has 3 rings (SSSR count). The Morgan fingerprint density at radius 1 is 0.931 bits per heavy atom. The molecule has 5 heteroatoms. The summed E-state index contributed by atoms with van der Waals surface area (Å²) in [6.07, 6.45) is 1.77. The number of fused-ring (bicyclic) bond motifs is 1. The van der Waals surface area contributed by atoms with E-state index < -0.39 is 5.97 Å².